The Kier molecular flexibility index (Phi) is 9.70. The van der Waals surface area contributed by atoms with E-state index < -0.39 is 18.1 Å². The third kappa shape index (κ3) is 8.31. The average Bonchev–Trinajstić information content (AvgIpc) is 2.38. The topological polar surface area (TPSA) is 78.5 Å². The number of carbonyl (C=O) groups is 2. The van der Waals surface area contributed by atoms with Crippen molar-refractivity contribution in [2.75, 3.05) is 6.61 Å². The minimum absolute atomic E-state index is 0. The van der Waals surface area contributed by atoms with Crippen LogP contribution in [0.2, 0.25) is 5.02 Å². The maximum Gasteiger partial charge on any atom is 1.00 e. The van der Waals surface area contributed by atoms with Gasteiger partial charge in [-0.15, -0.1) is 0 Å². The van der Waals surface area contributed by atoms with Crippen LogP contribution < -0.4 is 40.0 Å². The van der Waals surface area contributed by atoms with Crippen molar-refractivity contribution in [1.29, 1.82) is 0 Å². The van der Waals surface area contributed by atoms with E-state index >= 15 is 0 Å². The number of carbonyl (C=O) groups excluding carboxylic acids is 2. The number of carboxylic acid groups (broad SMARTS) is 1. The SMILES string of the molecule is CC(C)COC(=O)NC(Cc1ccc(Cl)cc1)C(=O)[O-].[Na+]. The standard InChI is InChI=1S/C14H18ClNO4.Na/c1-9(2)8-20-14(19)16-12(13(17)18)7-10-3-5-11(15)6-4-10;/h3-6,9,12H,7-8H2,1-2H3,(H,16,19)(H,17,18);/q;+1/p-1. The zero-order valence-electron chi connectivity index (χ0n) is 12.4. The molecule has 7 heteroatoms. The number of hydrogen-bond donors (Lipinski definition) is 1. The van der Waals surface area contributed by atoms with Gasteiger partial charge in [0.1, 0.15) is 0 Å². The smallest absolute Gasteiger partial charge is 0.548 e. The number of hydrogen-bond acceptors (Lipinski definition) is 4. The third-order valence-corrected chi connectivity index (χ3v) is 2.73. The van der Waals surface area contributed by atoms with Crippen LogP contribution in [0.25, 0.3) is 0 Å². The molecule has 1 N–H and O–H groups in total. The largest absolute Gasteiger partial charge is 1.00 e. The summed E-state index contributed by atoms with van der Waals surface area (Å²) in [5.74, 6) is -1.18. The fourth-order valence-electron chi connectivity index (χ4n) is 1.48. The van der Waals surface area contributed by atoms with Gasteiger partial charge in [0.25, 0.3) is 0 Å². The van der Waals surface area contributed by atoms with Crippen molar-refractivity contribution in [3.63, 3.8) is 0 Å². The Morgan fingerprint density at radius 1 is 1.29 bits per heavy atom. The van der Waals surface area contributed by atoms with Gasteiger partial charge < -0.3 is 20.0 Å². The Hall–Kier alpha value is -0.750. The number of halogens is 1. The predicted molar refractivity (Wildman–Crippen MR) is 73.3 cm³/mol. The Morgan fingerprint density at radius 2 is 1.86 bits per heavy atom. The molecular weight excluding hydrogens is 305 g/mol. The minimum Gasteiger partial charge on any atom is -0.548 e. The molecule has 0 heterocycles. The molecule has 0 aliphatic heterocycles. The van der Waals surface area contributed by atoms with Gasteiger partial charge in [0.2, 0.25) is 0 Å². The van der Waals surface area contributed by atoms with E-state index in [0.29, 0.717) is 5.02 Å². The minimum atomic E-state index is -1.36. The third-order valence-electron chi connectivity index (χ3n) is 2.48. The quantitative estimate of drug-likeness (QED) is 0.639. The molecule has 1 rings (SSSR count). The van der Waals surface area contributed by atoms with Crippen molar-refractivity contribution in [3.8, 4) is 0 Å². The molecule has 1 aromatic carbocycles. The van der Waals surface area contributed by atoms with Crippen LogP contribution in [-0.2, 0) is 16.0 Å². The van der Waals surface area contributed by atoms with E-state index in [1.807, 2.05) is 13.8 Å². The molecule has 0 saturated carbocycles. The fourth-order valence-corrected chi connectivity index (χ4v) is 1.60. The number of ether oxygens (including phenoxy) is 1. The predicted octanol–water partition coefficient (Wildman–Crippen LogP) is -1.61. The first-order chi connectivity index (χ1) is 9.38. The van der Waals surface area contributed by atoms with Crippen LogP contribution in [-0.4, -0.2) is 24.7 Å². The Balaban J connectivity index is 0.00000400. The molecule has 1 unspecified atom stereocenters. The van der Waals surface area contributed by atoms with Crippen LogP contribution in [0.15, 0.2) is 24.3 Å². The molecule has 0 aliphatic carbocycles. The summed E-state index contributed by atoms with van der Waals surface area (Å²) < 4.78 is 4.88. The van der Waals surface area contributed by atoms with Gasteiger partial charge in [0, 0.05) is 5.02 Å². The van der Waals surface area contributed by atoms with Crippen LogP contribution in [0.3, 0.4) is 0 Å². The summed E-state index contributed by atoms with van der Waals surface area (Å²) in [6.07, 6.45) is -0.655. The Labute approximate surface area is 151 Å². The van der Waals surface area contributed by atoms with Crippen LogP contribution in [0.4, 0.5) is 4.79 Å². The second-order valence-electron chi connectivity index (χ2n) is 4.84. The van der Waals surface area contributed by atoms with E-state index in [4.69, 9.17) is 16.3 Å². The molecule has 0 fully saturated rings. The number of nitrogens with one attached hydrogen (secondary N) is 1. The summed E-state index contributed by atoms with van der Waals surface area (Å²) in [7, 11) is 0. The number of rotatable bonds is 6. The molecule has 1 atom stereocenters. The second-order valence-corrected chi connectivity index (χ2v) is 5.28. The van der Waals surface area contributed by atoms with Gasteiger partial charge in [-0.1, -0.05) is 37.6 Å². The molecule has 0 saturated heterocycles. The molecule has 21 heavy (non-hydrogen) atoms. The summed E-state index contributed by atoms with van der Waals surface area (Å²) in [4.78, 5) is 22.5. The molecule has 0 radical (unpaired) electrons. The fraction of sp³-hybridized carbons (Fsp3) is 0.429. The molecule has 5 nitrogen and oxygen atoms in total. The van der Waals surface area contributed by atoms with Gasteiger partial charge in [-0.3, -0.25) is 0 Å². The van der Waals surface area contributed by atoms with Crippen molar-refractivity contribution in [2.45, 2.75) is 26.3 Å². The zero-order chi connectivity index (χ0) is 15.1. The Morgan fingerprint density at radius 3 is 2.33 bits per heavy atom. The number of carboxylic acids is 1. The molecule has 1 amide bonds. The van der Waals surface area contributed by atoms with E-state index in [9.17, 15) is 14.7 Å². The van der Waals surface area contributed by atoms with Crippen molar-refractivity contribution in [2.24, 2.45) is 5.92 Å². The summed E-state index contributed by atoms with van der Waals surface area (Å²) in [5, 5.41) is 13.9. The van der Waals surface area contributed by atoms with Crippen LogP contribution >= 0.6 is 11.6 Å². The molecular formula is C14H17ClNNaO4. The van der Waals surface area contributed by atoms with Crippen LogP contribution in [0.5, 0.6) is 0 Å². The van der Waals surface area contributed by atoms with Crippen LogP contribution in [0, 0.1) is 5.92 Å². The number of amides is 1. The molecule has 0 aromatic heterocycles. The van der Waals surface area contributed by atoms with Gasteiger partial charge in [0.15, 0.2) is 0 Å². The van der Waals surface area contributed by atoms with Gasteiger partial charge in [-0.25, -0.2) is 4.79 Å². The number of aliphatic carboxylic acids is 1. The summed E-state index contributed by atoms with van der Waals surface area (Å²) >= 11 is 5.75. The molecule has 0 bridgehead atoms. The maximum absolute atomic E-state index is 11.5. The van der Waals surface area contributed by atoms with E-state index in [1.165, 1.54) is 0 Å². The van der Waals surface area contributed by atoms with E-state index in [-0.39, 0.29) is 48.5 Å². The Bertz CT molecular complexity index is 465. The maximum atomic E-state index is 11.5. The second kappa shape index (κ2) is 10.1. The van der Waals surface area contributed by atoms with Crippen molar-refractivity contribution >= 4 is 23.7 Å². The molecule has 110 valence electrons. The molecule has 0 aliphatic rings. The summed E-state index contributed by atoms with van der Waals surface area (Å²) in [5.41, 5.74) is 0.729. The van der Waals surface area contributed by atoms with Crippen LogP contribution in [0.1, 0.15) is 19.4 Å². The number of alkyl carbamates (subject to hydrolysis) is 1. The molecule has 0 spiro atoms. The van der Waals surface area contributed by atoms with E-state index in [1.54, 1.807) is 24.3 Å². The van der Waals surface area contributed by atoms with Crippen molar-refractivity contribution in [1.82, 2.24) is 5.32 Å². The van der Waals surface area contributed by atoms with E-state index in [0.717, 1.165) is 5.56 Å². The average molecular weight is 322 g/mol. The summed E-state index contributed by atoms with van der Waals surface area (Å²) in [6.45, 7) is 4.00. The van der Waals surface area contributed by atoms with Gasteiger partial charge in [-0.05, 0) is 30.0 Å². The summed E-state index contributed by atoms with van der Waals surface area (Å²) in [6, 6.07) is 5.55. The van der Waals surface area contributed by atoms with Gasteiger partial charge >= 0.3 is 35.7 Å². The van der Waals surface area contributed by atoms with Crippen molar-refractivity contribution < 1.29 is 49.0 Å². The number of benzene rings is 1. The zero-order valence-corrected chi connectivity index (χ0v) is 15.1. The first kappa shape index (κ1) is 20.2. The van der Waals surface area contributed by atoms with Gasteiger partial charge in [0.05, 0.1) is 18.6 Å². The first-order valence-electron chi connectivity index (χ1n) is 6.27. The first-order valence-corrected chi connectivity index (χ1v) is 6.65. The molecule has 1 aromatic rings. The normalized spacial score (nSPS) is 11.4. The monoisotopic (exact) mass is 321 g/mol. The van der Waals surface area contributed by atoms with Gasteiger partial charge in [-0.2, -0.15) is 0 Å². The van der Waals surface area contributed by atoms with E-state index in [2.05, 4.69) is 5.32 Å². The van der Waals surface area contributed by atoms with Crippen molar-refractivity contribution in [3.05, 3.63) is 34.9 Å².